The third-order valence-electron chi connectivity index (χ3n) is 6.06. The van der Waals surface area contributed by atoms with Crippen molar-refractivity contribution in [3.05, 3.63) is 36.4 Å². The molecule has 2 aliphatic rings. The number of hydrogen-bond acceptors (Lipinski definition) is 7. The van der Waals surface area contributed by atoms with Gasteiger partial charge in [-0.15, -0.1) is 0 Å². The van der Waals surface area contributed by atoms with E-state index < -0.39 is 17.2 Å². The molecule has 1 amide bonds. The third kappa shape index (κ3) is 3.97. The number of hydrogen-bond donors (Lipinski definition) is 2. The lowest BCUT2D eigenvalue weighted by Gasteiger charge is -2.53. The smallest absolute Gasteiger partial charge is 0.242 e. The first kappa shape index (κ1) is 19.8. The number of aromatic nitrogens is 4. The van der Waals surface area contributed by atoms with Crippen molar-refractivity contribution < 1.29 is 14.6 Å². The minimum Gasteiger partial charge on any atom is -0.388 e. The van der Waals surface area contributed by atoms with E-state index in [1.165, 1.54) is 0 Å². The Morgan fingerprint density at radius 3 is 2.69 bits per heavy atom. The number of carbonyl (C=O) groups excluding carboxylic acids is 1. The fraction of sp³-hybridized carbons (Fsp3) is 0.600. The molecule has 2 N–H and O–H groups in total. The standard InChI is InChI=1S/C20H28N6O3/c1-15-4-10-26(24-15)14-16(27)23-19(2)7-13-29-20(17(19)28)5-11-25(12-6-20)18-21-8-3-9-22-18/h3-4,8-10,17,28H,5-7,11-14H2,1-2H3,(H,23,27)/t17-,19+/m0/s1. The summed E-state index contributed by atoms with van der Waals surface area (Å²) in [5.74, 6) is 0.528. The predicted octanol–water partition coefficient (Wildman–Crippen LogP) is 0.677. The maximum absolute atomic E-state index is 12.6. The minimum atomic E-state index is -0.800. The van der Waals surface area contributed by atoms with Crippen molar-refractivity contribution in [3.63, 3.8) is 0 Å². The van der Waals surface area contributed by atoms with Crippen LogP contribution in [0.5, 0.6) is 0 Å². The third-order valence-corrected chi connectivity index (χ3v) is 6.06. The highest BCUT2D eigenvalue weighted by Crippen LogP contribution is 2.40. The van der Waals surface area contributed by atoms with Crippen molar-refractivity contribution in [2.24, 2.45) is 0 Å². The molecule has 9 nitrogen and oxygen atoms in total. The van der Waals surface area contributed by atoms with E-state index in [1.54, 1.807) is 29.3 Å². The summed E-state index contributed by atoms with van der Waals surface area (Å²) in [5, 5.41) is 18.6. The largest absolute Gasteiger partial charge is 0.388 e. The van der Waals surface area contributed by atoms with Gasteiger partial charge in [0.25, 0.3) is 0 Å². The molecule has 0 radical (unpaired) electrons. The van der Waals surface area contributed by atoms with Crippen LogP contribution in [0.3, 0.4) is 0 Å². The van der Waals surface area contributed by atoms with Crippen molar-refractivity contribution in [1.82, 2.24) is 25.1 Å². The number of ether oxygens (including phenoxy) is 1. The van der Waals surface area contributed by atoms with Gasteiger partial charge in [-0.05, 0) is 45.2 Å². The van der Waals surface area contributed by atoms with Gasteiger partial charge in [0.05, 0.1) is 16.8 Å². The second kappa shape index (κ2) is 7.72. The SMILES string of the molecule is Cc1ccn(CC(=O)N[C@]2(C)CCOC3(CCN(c4ncccn4)CC3)[C@H]2O)n1. The summed E-state index contributed by atoms with van der Waals surface area (Å²) in [5.41, 5.74) is -0.556. The van der Waals surface area contributed by atoms with Gasteiger partial charge >= 0.3 is 0 Å². The summed E-state index contributed by atoms with van der Waals surface area (Å²) in [4.78, 5) is 23.3. The van der Waals surface area contributed by atoms with Gasteiger partial charge in [-0.1, -0.05) is 0 Å². The quantitative estimate of drug-likeness (QED) is 0.777. The fourth-order valence-corrected chi connectivity index (χ4v) is 4.41. The van der Waals surface area contributed by atoms with Gasteiger partial charge < -0.3 is 20.1 Å². The van der Waals surface area contributed by atoms with Crippen LogP contribution in [0, 0.1) is 6.92 Å². The molecule has 2 aliphatic heterocycles. The highest BCUT2D eigenvalue weighted by Gasteiger charge is 2.54. The van der Waals surface area contributed by atoms with Crippen molar-refractivity contribution >= 4 is 11.9 Å². The summed E-state index contributed by atoms with van der Waals surface area (Å²) < 4.78 is 7.72. The highest BCUT2D eigenvalue weighted by molar-refractivity contribution is 5.76. The molecule has 0 unspecified atom stereocenters. The molecule has 0 aliphatic carbocycles. The minimum absolute atomic E-state index is 0.128. The van der Waals surface area contributed by atoms with E-state index in [9.17, 15) is 9.90 Å². The van der Waals surface area contributed by atoms with Crippen LogP contribution in [0.4, 0.5) is 5.95 Å². The van der Waals surface area contributed by atoms with E-state index in [2.05, 4.69) is 25.3 Å². The molecule has 4 heterocycles. The first-order valence-electron chi connectivity index (χ1n) is 10.1. The second-order valence-corrected chi connectivity index (χ2v) is 8.22. The van der Waals surface area contributed by atoms with Crippen LogP contribution in [0.15, 0.2) is 30.7 Å². The van der Waals surface area contributed by atoms with Gasteiger partial charge in [0.2, 0.25) is 11.9 Å². The Labute approximate surface area is 170 Å². The van der Waals surface area contributed by atoms with E-state index in [4.69, 9.17) is 4.74 Å². The maximum atomic E-state index is 12.6. The molecule has 9 heteroatoms. The molecular formula is C20H28N6O3. The number of rotatable bonds is 4. The molecule has 0 bridgehead atoms. The monoisotopic (exact) mass is 400 g/mol. The molecule has 0 saturated carbocycles. The Balaban J connectivity index is 1.42. The van der Waals surface area contributed by atoms with Crippen LogP contribution in [-0.4, -0.2) is 67.7 Å². The number of nitrogens with one attached hydrogen (secondary N) is 1. The molecule has 1 spiro atoms. The van der Waals surface area contributed by atoms with E-state index in [0.717, 1.165) is 5.69 Å². The summed E-state index contributed by atoms with van der Waals surface area (Å²) in [7, 11) is 0. The molecule has 2 atom stereocenters. The molecule has 2 aromatic heterocycles. The Bertz CT molecular complexity index is 849. The summed E-state index contributed by atoms with van der Waals surface area (Å²) in [6, 6.07) is 3.65. The summed E-state index contributed by atoms with van der Waals surface area (Å²) >= 11 is 0. The van der Waals surface area contributed by atoms with Crippen molar-refractivity contribution in [2.75, 3.05) is 24.6 Å². The summed E-state index contributed by atoms with van der Waals surface area (Å²) in [6.07, 6.45) is 6.29. The van der Waals surface area contributed by atoms with Crippen molar-refractivity contribution in [1.29, 1.82) is 0 Å². The van der Waals surface area contributed by atoms with Crippen LogP contribution < -0.4 is 10.2 Å². The number of carbonyl (C=O) groups is 1. The first-order chi connectivity index (χ1) is 13.9. The van der Waals surface area contributed by atoms with E-state index >= 15 is 0 Å². The van der Waals surface area contributed by atoms with Gasteiger partial charge in [0.1, 0.15) is 12.6 Å². The number of piperidine rings is 1. The number of aliphatic hydroxyl groups excluding tert-OH is 1. The molecular weight excluding hydrogens is 372 g/mol. The lowest BCUT2D eigenvalue weighted by atomic mass is 9.73. The Kier molecular flexibility index (Phi) is 5.26. The number of amides is 1. The van der Waals surface area contributed by atoms with Gasteiger partial charge in [0, 0.05) is 38.3 Å². The van der Waals surface area contributed by atoms with Crippen LogP contribution in [-0.2, 0) is 16.1 Å². The lowest BCUT2D eigenvalue weighted by molar-refractivity contribution is -0.198. The van der Waals surface area contributed by atoms with Gasteiger partial charge in [-0.3, -0.25) is 9.48 Å². The maximum Gasteiger partial charge on any atom is 0.242 e. The van der Waals surface area contributed by atoms with E-state index in [0.29, 0.717) is 44.9 Å². The van der Waals surface area contributed by atoms with Crippen LogP contribution >= 0.6 is 0 Å². The molecule has 29 heavy (non-hydrogen) atoms. The normalized spacial score (nSPS) is 26.4. The number of aliphatic hydroxyl groups is 1. The highest BCUT2D eigenvalue weighted by atomic mass is 16.5. The average Bonchev–Trinajstić information content (AvgIpc) is 3.12. The average molecular weight is 400 g/mol. The number of aryl methyl sites for hydroxylation is 1. The molecule has 2 aromatic rings. The Morgan fingerprint density at radius 2 is 2.03 bits per heavy atom. The molecule has 4 rings (SSSR count). The first-order valence-corrected chi connectivity index (χ1v) is 10.1. The van der Waals surface area contributed by atoms with Gasteiger partial charge in [-0.25, -0.2) is 9.97 Å². The predicted molar refractivity (Wildman–Crippen MR) is 106 cm³/mol. The van der Waals surface area contributed by atoms with Gasteiger partial charge in [0.15, 0.2) is 0 Å². The molecule has 2 saturated heterocycles. The lowest BCUT2D eigenvalue weighted by Crippen LogP contribution is -2.69. The van der Waals surface area contributed by atoms with Crippen molar-refractivity contribution in [3.8, 4) is 0 Å². The van der Waals surface area contributed by atoms with E-state index in [1.807, 2.05) is 19.9 Å². The van der Waals surface area contributed by atoms with E-state index in [-0.39, 0.29) is 12.5 Å². The number of anilines is 1. The fourth-order valence-electron chi connectivity index (χ4n) is 4.41. The Morgan fingerprint density at radius 1 is 1.31 bits per heavy atom. The second-order valence-electron chi connectivity index (χ2n) is 8.22. The zero-order valence-electron chi connectivity index (χ0n) is 16.9. The van der Waals surface area contributed by atoms with Gasteiger partial charge in [-0.2, -0.15) is 5.10 Å². The molecule has 0 aromatic carbocycles. The topological polar surface area (TPSA) is 105 Å². The molecule has 156 valence electrons. The van der Waals surface area contributed by atoms with Crippen molar-refractivity contribution in [2.45, 2.75) is 56.9 Å². The zero-order valence-corrected chi connectivity index (χ0v) is 16.9. The Hall–Kier alpha value is -2.52. The van der Waals surface area contributed by atoms with Crippen LogP contribution in [0.1, 0.15) is 31.9 Å². The molecule has 2 fully saturated rings. The zero-order chi connectivity index (χ0) is 20.5. The number of nitrogens with zero attached hydrogens (tertiary/aromatic N) is 5. The van der Waals surface area contributed by atoms with Crippen LogP contribution in [0.25, 0.3) is 0 Å². The summed E-state index contributed by atoms with van der Waals surface area (Å²) in [6.45, 7) is 5.80. The van der Waals surface area contributed by atoms with Crippen LogP contribution in [0.2, 0.25) is 0 Å².